The van der Waals surface area contributed by atoms with Crippen LogP contribution < -0.4 is 15.8 Å². The number of ether oxygens (including phenoxy) is 1. The van der Waals surface area contributed by atoms with E-state index < -0.39 is 6.04 Å². The molecule has 0 bridgehead atoms. The van der Waals surface area contributed by atoms with Gasteiger partial charge in [-0.2, -0.15) is 5.10 Å². The second-order valence-corrected chi connectivity index (χ2v) is 6.37. The van der Waals surface area contributed by atoms with E-state index >= 15 is 0 Å². The molecule has 0 aliphatic rings. The van der Waals surface area contributed by atoms with E-state index in [1.54, 1.807) is 23.1 Å². The standard InChI is InChI=1S/C16H23N5O2.2ClH/c1-16(2,3)14(17)15(22)20-12-5-4-6-13(9-12)23-8-7-21-11-18-10-19-21;;/h4-6,9-11,14H,7-8,17H2,1-3H3,(H,20,22);2*1H/t14-;;/m1../s1. The molecular weight excluding hydrogens is 365 g/mol. The Morgan fingerprint density at radius 3 is 2.68 bits per heavy atom. The highest BCUT2D eigenvalue weighted by Gasteiger charge is 2.27. The highest BCUT2D eigenvalue weighted by atomic mass is 35.5. The van der Waals surface area contributed by atoms with E-state index in [2.05, 4.69) is 15.4 Å². The molecule has 0 aliphatic carbocycles. The van der Waals surface area contributed by atoms with Gasteiger partial charge >= 0.3 is 0 Å². The van der Waals surface area contributed by atoms with Gasteiger partial charge in [0.15, 0.2) is 0 Å². The van der Waals surface area contributed by atoms with E-state index in [4.69, 9.17) is 10.5 Å². The van der Waals surface area contributed by atoms with Gasteiger partial charge in [-0.05, 0) is 17.5 Å². The van der Waals surface area contributed by atoms with Crippen LogP contribution in [0.3, 0.4) is 0 Å². The first-order chi connectivity index (χ1) is 10.9. The Balaban J connectivity index is 0.00000288. The van der Waals surface area contributed by atoms with Gasteiger partial charge in [-0.3, -0.25) is 4.79 Å². The van der Waals surface area contributed by atoms with Crippen molar-refractivity contribution >= 4 is 36.4 Å². The van der Waals surface area contributed by atoms with Crippen LogP contribution in [0.1, 0.15) is 20.8 Å². The summed E-state index contributed by atoms with van der Waals surface area (Å²) < 4.78 is 7.35. The van der Waals surface area contributed by atoms with Crippen LogP contribution in [-0.4, -0.2) is 33.3 Å². The molecule has 7 nitrogen and oxygen atoms in total. The number of benzene rings is 1. The van der Waals surface area contributed by atoms with Crippen LogP contribution >= 0.6 is 24.8 Å². The smallest absolute Gasteiger partial charge is 0.241 e. The van der Waals surface area contributed by atoms with Crippen molar-refractivity contribution in [2.24, 2.45) is 11.1 Å². The molecule has 1 atom stereocenters. The summed E-state index contributed by atoms with van der Waals surface area (Å²) in [5, 5.41) is 6.82. The quantitative estimate of drug-likeness (QED) is 0.790. The van der Waals surface area contributed by atoms with Crippen LogP contribution in [0, 0.1) is 5.41 Å². The summed E-state index contributed by atoms with van der Waals surface area (Å²) in [6.07, 6.45) is 3.11. The summed E-state index contributed by atoms with van der Waals surface area (Å²) in [6.45, 7) is 6.86. The maximum absolute atomic E-state index is 12.1. The molecule has 0 radical (unpaired) electrons. The Kier molecular flexibility index (Phi) is 9.48. The van der Waals surface area contributed by atoms with E-state index in [-0.39, 0.29) is 36.1 Å². The van der Waals surface area contributed by atoms with Crippen LogP contribution in [0.25, 0.3) is 0 Å². The number of nitrogens with one attached hydrogen (secondary N) is 1. The predicted molar refractivity (Wildman–Crippen MR) is 103 cm³/mol. The number of nitrogens with two attached hydrogens (primary N) is 1. The van der Waals surface area contributed by atoms with Crippen molar-refractivity contribution in [3.63, 3.8) is 0 Å². The predicted octanol–water partition coefficient (Wildman–Crippen LogP) is 2.51. The number of rotatable bonds is 6. The second kappa shape index (κ2) is 10.2. The zero-order chi connectivity index (χ0) is 16.9. The Hall–Kier alpha value is -1.83. The lowest BCUT2D eigenvalue weighted by Gasteiger charge is -2.25. The number of anilines is 1. The maximum Gasteiger partial charge on any atom is 0.241 e. The molecule has 1 aromatic heterocycles. The fourth-order valence-electron chi connectivity index (χ4n) is 1.88. The van der Waals surface area contributed by atoms with Gasteiger partial charge in [0.1, 0.15) is 25.0 Å². The Morgan fingerprint density at radius 2 is 2.08 bits per heavy atom. The van der Waals surface area contributed by atoms with E-state index in [0.717, 1.165) is 0 Å². The average molecular weight is 390 g/mol. The Bertz CT molecular complexity index is 644. The number of hydrogen-bond acceptors (Lipinski definition) is 5. The number of amides is 1. The van der Waals surface area contributed by atoms with Crippen molar-refractivity contribution in [1.82, 2.24) is 14.8 Å². The molecular formula is C16H25Cl2N5O2. The number of hydrogen-bond donors (Lipinski definition) is 2. The highest BCUT2D eigenvalue weighted by Crippen LogP contribution is 2.21. The summed E-state index contributed by atoms with van der Waals surface area (Å²) in [6, 6.07) is 6.65. The van der Waals surface area contributed by atoms with Crippen molar-refractivity contribution < 1.29 is 9.53 Å². The van der Waals surface area contributed by atoms with Crippen LogP contribution in [0.2, 0.25) is 0 Å². The van der Waals surface area contributed by atoms with Gasteiger partial charge < -0.3 is 15.8 Å². The molecule has 140 valence electrons. The first kappa shape index (κ1) is 23.2. The average Bonchev–Trinajstić information content (AvgIpc) is 2.99. The van der Waals surface area contributed by atoms with E-state index in [9.17, 15) is 4.79 Å². The molecule has 2 rings (SSSR count). The lowest BCUT2D eigenvalue weighted by Crippen LogP contribution is -2.45. The monoisotopic (exact) mass is 389 g/mol. The first-order valence-electron chi connectivity index (χ1n) is 7.48. The third kappa shape index (κ3) is 7.29. The third-order valence-electron chi connectivity index (χ3n) is 3.37. The SMILES string of the molecule is CC(C)(C)[C@H](N)C(=O)Nc1cccc(OCCn2cncn2)c1.Cl.Cl. The fraction of sp³-hybridized carbons (Fsp3) is 0.438. The lowest BCUT2D eigenvalue weighted by atomic mass is 9.87. The Labute approximate surface area is 160 Å². The van der Waals surface area contributed by atoms with Gasteiger partial charge in [-0.25, -0.2) is 9.67 Å². The maximum atomic E-state index is 12.1. The molecule has 0 spiro atoms. The summed E-state index contributed by atoms with van der Waals surface area (Å²) in [5.74, 6) is 0.463. The normalized spacial score (nSPS) is 11.7. The summed E-state index contributed by atoms with van der Waals surface area (Å²) in [5.41, 5.74) is 6.32. The second-order valence-electron chi connectivity index (χ2n) is 6.37. The molecule has 0 saturated heterocycles. The van der Waals surface area contributed by atoms with E-state index in [1.807, 2.05) is 32.9 Å². The molecule has 1 heterocycles. The topological polar surface area (TPSA) is 95.1 Å². The minimum Gasteiger partial charge on any atom is -0.492 e. The van der Waals surface area contributed by atoms with Crippen LogP contribution in [-0.2, 0) is 11.3 Å². The summed E-state index contributed by atoms with van der Waals surface area (Å²) in [4.78, 5) is 16.0. The highest BCUT2D eigenvalue weighted by molar-refractivity contribution is 5.95. The fourth-order valence-corrected chi connectivity index (χ4v) is 1.88. The number of carbonyl (C=O) groups excluding carboxylic acids is 1. The van der Waals surface area contributed by atoms with Crippen LogP contribution in [0.15, 0.2) is 36.9 Å². The zero-order valence-corrected chi connectivity index (χ0v) is 16.1. The van der Waals surface area contributed by atoms with Gasteiger partial charge in [0.05, 0.1) is 12.6 Å². The van der Waals surface area contributed by atoms with E-state index in [0.29, 0.717) is 24.6 Å². The minimum atomic E-state index is -0.584. The van der Waals surface area contributed by atoms with Crippen molar-refractivity contribution in [1.29, 1.82) is 0 Å². The van der Waals surface area contributed by atoms with Gasteiger partial charge in [-0.15, -0.1) is 24.8 Å². The van der Waals surface area contributed by atoms with Crippen LogP contribution in [0.4, 0.5) is 5.69 Å². The number of nitrogens with zero attached hydrogens (tertiary/aromatic N) is 3. The number of halogens is 2. The van der Waals surface area contributed by atoms with Crippen molar-refractivity contribution in [2.45, 2.75) is 33.4 Å². The molecule has 9 heteroatoms. The molecule has 0 fully saturated rings. The number of aromatic nitrogens is 3. The first-order valence-corrected chi connectivity index (χ1v) is 7.48. The molecule has 1 amide bonds. The molecule has 0 aliphatic heterocycles. The largest absolute Gasteiger partial charge is 0.492 e. The van der Waals surface area contributed by atoms with Gasteiger partial charge in [0.2, 0.25) is 5.91 Å². The minimum absolute atomic E-state index is 0. The Morgan fingerprint density at radius 1 is 1.36 bits per heavy atom. The molecule has 25 heavy (non-hydrogen) atoms. The summed E-state index contributed by atoms with van der Waals surface area (Å²) >= 11 is 0. The molecule has 3 N–H and O–H groups in total. The van der Waals surface area contributed by atoms with Crippen molar-refractivity contribution in [3.05, 3.63) is 36.9 Å². The van der Waals surface area contributed by atoms with E-state index in [1.165, 1.54) is 6.33 Å². The molecule has 2 aromatic rings. The third-order valence-corrected chi connectivity index (χ3v) is 3.37. The van der Waals surface area contributed by atoms with Crippen LogP contribution in [0.5, 0.6) is 5.75 Å². The summed E-state index contributed by atoms with van der Waals surface area (Å²) in [7, 11) is 0. The van der Waals surface area contributed by atoms with Crippen molar-refractivity contribution in [2.75, 3.05) is 11.9 Å². The van der Waals surface area contributed by atoms with Gasteiger partial charge in [-0.1, -0.05) is 26.8 Å². The lowest BCUT2D eigenvalue weighted by molar-refractivity contribution is -0.119. The molecule has 0 saturated carbocycles. The van der Waals surface area contributed by atoms with Gasteiger partial charge in [0.25, 0.3) is 0 Å². The zero-order valence-electron chi connectivity index (χ0n) is 14.5. The van der Waals surface area contributed by atoms with Crippen molar-refractivity contribution in [3.8, 4) is 5.75 Å². The van der Waals surface area contributed by atoms with Gasteiger partial charge in [0, 0.05) is 11.8 Å². The molecule has 1 aromatic carbocycles. The number of carbonyl (C=O) groups is 1. The molecule has 0 unspecified atom stereocenters.